The number of nitrogens with one attached hydrogen (secondary N) is 1. The summed E-state index contributed by atoms with van der Waals surface area (Å²) in [5.41, 5.74) is 0. The van der Waals surface area contributed by atoms with Crippen molar-refractivity contribution < 1.29 is 4.79 Å². The fraction of sp³-hybridized carbons (Fsp3) is 0.500. The summed E-state index contributed by atoms with van der Waals surface area (Å²) in [6.07, 6.45) is 3.70. The lowest BCUT2D eigenvalue weighted by atomic mass is 10.2. The monoisotopic (exact) mass is 236 g/mol. The maximum absolute atomic E-state index is 11.3. The van der Waals surface area contributed by atoms with E-state index in [-0.39, 0.29) is 5.91 Å². The summed E-state index contributed by atoms with van der Waals surface area (Å²) in [4.78, 5) is 12.7. The lowest BCUT2D eigenvalue weighted by molar-refractivity contribution is -0.121. The first-order chi connectivity index (χ1) is 7.83. The number of rotatable bonds is 7. The van der Waals surface area contributed by atoms with Crippen molar-refractivity contribution >= 4 is 17.2 Å². The number of thiophene rings is 1. The lowest BCUT2D eigenvalue weighted by Gasteiger charge is -2.02. The summed E-state index contributed by atoms with van der Waals surface area (Å²) in [6, 6.07) is 6.18. The first-order valence-corrected chi connectivity index (χ1v) is 6.37. The highest BCUT2D eigenvalue weighted by atomic mass is 32.1. The van der Waals surface area contributed by atoms with Gasteiger partial charge in [0.25, 0.3) is 0 Å². The third kappa shape index (κ3) is 5.52. The highest BCUT2D eigenvalue weighted by Gasteiger charge is 2.01. The fourth-order valence-electron chi connectivity index (χ4n) is 1.36. The molecule has 0 aromatic carbocycles. The standard InChI is InChI=1S/C12H16N2OS/c13-8-1-2-9-14-12(15)7-3-5-11-6-4-10-16-11/h4,6,10H,1-3,5,7,9H2,(H,14,15). The quantitative estimate of drug-likeness (QED) is 0.739. The molecule has 0 unspecified atom stereocenters. The van der Waals surface area contributed by atoms with Crippen LogP contribution >= 0.6 is 11.3 Å². The van der Waals surface area contributed by atoms with Gasteiger partial charge < -0.3 is 5.32 Å². The second kappa shape index (κ2) is 7.89. The third-order valence-electron chi connectivity index (χ3n) is 2.19. The number of amides is 1. The van der Waals surface area contributed by atoms with Crippen LogP contribution < -0.4 is 5.32 Å². The van der Waals surface area contributed by atoms with Crippen molar-refractivity contribution in [1.82, 2.24) is 5.32 Å². The molecule has 1 rings (SSSR count). The average molecular weight is 236 g/mol. The van der Waals surface area contributed by atoms with Crippen LogP contribution in [0.2, 0.25) is 0 Å². The largest absolute Gasteiger partial charge is 0.356 e. The molecule has 0 radical (unpaired) electrons. The minimum absolute atomic E-state index is 0.0921. The first-order valence-electron chi connectivity index (χ1n) is 5.49. The normalized spacial score (nSPS) is 9.69. The Labute approximate surface area is 100 Å². The van der Waals surface area contributed by atoms with Gasteiger partial charge in [0, 0.05) is 24.3 Å². The Morgan fingerprint density at radius 3 is 3.06 bits per heavy atom. The molecule has 0 bridgehead atoms. The molecular formula is C12H16N2OS. The van der Waals surface area contributed by atoms with Crippen molar-refractivity contribution in [3.05, 3.63) is 22.4 Å². The molecule has 3 nitrogen and oxygen atoms in total. The van der Waals surface area contributed by atoms with Crippen LogP contribution in [0.15, 0.2) is 17.5 Å². The molecule has 0 saturated heterocycles. The van der Waals surface area contributed by atoms with E-state index >= 15 is 0 Å². The van der Waals surface area contributed by atoms with Crippen LogP contribution in [0.25, 0.3) is 0 Å². The van der Waals surface area contributed by atoms with Gasteiger partial charge in [-0.15, -0.1) is 11.3 Å². The van der Waals surface area contributed by atoms with Crippen LogP contribution in [0, 0.1) is 11.3 Å². The van der Waals surface area contributed by atoms with Gasteiger partial charge >= 0.3 is 0 Å². The number of hydrogen-bond acceptors (Lipinski definition) is 3. The molecule has 1 heterocycles. The number of aryl methyl sites for hydroxylation is 1. The Morgan fingerprint density at radius 2 is 2.38 bits per heavy atom. The van der Waals surface area contributed by atoms with Gasteiger partial charge in [0.1, 0.15) is 0 Å². The Morgan fingerprint density at radius 1 is 1.50 bits per heavy atom. The summed E-state index contributed by atoms with van der Waals surface area (Å²) >= 11 is 1.73. The van der Waals surface area contributed by atoms with E-state index in [9.17, 15) is 4.79 Å². The number of nitrogens with zero attached hydrogens (tertiary/aromatic N) is 1. The molecule has 0 saturated carbocycles. The van der Waals surface area contributed by atoms with Crippen molar-refractivity contribution in [1.29, 1.82) is 5.26 Å². The van der Waals surface area contributed by atoms with Crippen LogP contribution in [0.5, 0.6) is 0 Å². The third-order valence-corrected chi connectivity index (χ3v) is 3.13. The van der Waals surface area contributed by atoms with E-state index in [0.717, 1.165) is 19.3 Å². The van der Waals surface area contributed by atoms with Crippen LogP contribution in [-0.4, -0.2) is 12.5 Å². The minimum Gasteiger partial charge on any atom is -0.356 e. The summed E-state index contributed by atoms with van der Waals surface area (Å²) < 4.78 is 0. The molecule has 1 aromatic heterocycles. The van der Waals surface area contributed by atoms with Crippen LogP contribution in [0.3, 0.4) is 0 Å². The zero-order valence-electron chi connectivity index (χ0n) is 9.24. The van der Waals surface area contributed by atoms with Crippen molar-refractivity contribution in [2.45, 2.75) is 32.1 Å². The van der Waals surface area contributed by atoms with Crippen LogP contribution in [-0.2, 0) is 11.2 Å². The molecule has 0 fully saturated rings. The molecule has 0 spiro atoms. The Hall–Kier alpha value is -1.34. The predicted octanol–water partition coefficient (Wildman–Crippen LogP) is 2.49. The summed E-state index contributed by atoms with van der Waals surface area (Å²) in [5, 5.41) is 13.2. The molecule has 1 aromatic rings. The van der Waals surface area contributed by atoms with Crippen molar-refractivity contribution in [3.8, 4) is 6.07 Å². The van der Waals surface area contributed by atoms with Gasteiger partial charge in [-0.2, -0.15) is 5.26 Å². The van der Waals surface area contributed by atoms with Gasteiger partial charge in [-0.1, -0.05) is 6.07 Å². The van der Waals surface area contributed by atoms with Crippen LogP contribution in [0.4, 0.5) is 0 Å². The number of carbonyl (C=O) groups excluding carboxylic acids is 1. The predicted molar refractivity (Wildman–Crippen MR) is 65.1 cm³/mol. The summed E-state index contributed by atoms with van der Waals surface area (Å²) in [5.74, 6) is 0.0921. The fourth-order valence-corrected chi connectivity index (χ4v) is 2.11. The van der Waals surface area contributed by atoms with Gasteiger partial charge in [0.15, 0.2) is 0 Å². The molecule has 86 valence electrons. The van der Waals surface area contributed by atoms with E-state index in [2.05, 4.69) is 22.8 Å². The van der Waals surface area contributed by atoms with E-state index in [1.54, 1.807) is 11.3 Å². The van der Waals surface area contributed by atoms with Gasteiger partial charge in [0.05, 0.1) is 6.07 Å². The zero-order valence-corrected chi connectivity index (χ0v) is 10.1. The highest BCUT2D eigenvalue weighted by molar-refractivity contribution is 7.09. The van der Waals surface area contributed by atoms with Gasteiger partial charge in [-0.05, 0) is 30.7 Å². The van der Waals surface area contributed by atoms with Crippen molar-refractivity contribution in [2.75, 3.05) is 6.54 Å². The number of hydrogen-bond donors (Lipinski definition) is 1. The van der Waals surface area contributed by atoms with E-state index < -0.39 is 0 Å². The molecule has 16 heavy (non-hydrogen) atoms. The van der Waals surface area contributed by atoms with Gasteiger partial charge in [-0.25, -0.2) is 0 Å². The SMILES string of the molecule is N#CCCCNC(=O)CCCc1cccs1. The van der Waals surface area contributed by atoms with E-state index in [4.69, 9.17) is 5.26 Å². The number of carbonyl (C=O) groups is 1. The number of unbranched alkanes of at least 4 members (excludes halogenated alkanes) is 1. The Balaban J connectivity index is 2.00. The topological polar surface area (TPSA) is 52.9 Å². The summed E-state index contributed by atoms with van der Waals surface area (Å²) in [6.45, 7) is 0.616. The van der Waals surface area contributed by atoms with Gasteiger partial charge in [-0.3, -0.25) is 4.79 Å². The summed E-state index contributed by atoms with van der Waals surface area (Å²) in [7, 11) is 0. The smallest absolute Gasteiger partial charge is 0.220 e. The molecule has 1 amide bonds. The van der Waals surface area contributed by atoms with E-state index in [1.165, 1.54) is 4.88 Å². The van der Waals surface area contributed by atoms with E-state index in [0.29, 0.717) is 19.4 Å². The zero-order chi connectivity index (χ0) is 11.6. The van der Waals surface area contributed by atoms with Crippen molar-refractivity contribution in [2.24, 2.45) is 0 Å². The Kier molecular flexibility index (Phi) is 6.28. The second-order valence-electron chi connectivity index (χ2n) is 3.54. The van der Waals surface area contributed by atoms with Gasteiger partial charge in [0.2, 0.25) is 5.91 Å². The molecule has 4 heteroatoms. The number of nitriles is 1. The molecule has 0 atom stereocenters. The molecule has 0 aliphatic heterocycles. The maximum Gasteiger partial charge on any atom is 0.220 e. The lowest BCUT2D eigenvalue weighted by Crippen LogP contribution is -2.24. The average Bonchev–Trinajstić information content (AvgIpc) is 2.77. The molecular weight excluding hydrogens is 220 g/mol. The minimum atomic E-state index is 0.0921. The molecule has 0 aliphatic carbocycles. The first kappa shape index (κ1) is 12.7. The highest BCUT2D eigenvalue weighted by Crippen LogP contribution is 2.11. The second-order valence-corrected chi connectivity index (χ2v) is 4.58. The molecule has 0 aliphatic rings. The molecule has 1 N–H and O–H groups in total. The van der Waals surface area contributed by atoms with Crippen LogP contribution in [0.1, 0.15) is 30.6 Å². The Bertz CT molecular complexity index is 340. The maximum atomic E-state index is 11.3. The van der Waals surface area contributed by atoms with Crippen molar-refractivity contribution in [3.63, 3.8) is 0 Å². The van der Waals surface area contributed by atoms with E-state index in [1.807, 2.05) is 6.07 Å².